The summed E-state index contributed by atoms with van der Waals surface area (Å²) in [6.45, 7) is 1.59. The van der Waals surface area contributed by atoms with Crippen molar-refractivity contribution in [2.24, 2.45) is 17.3 Å². The van der Waals surface area contributed by atoms with E-state index in [1.165, 1.54) is 11.1 Å². The fourth-order valence-corrected chi connectivity index (χ4v) is 6.58. The smallest absolute Gasteiger partial charge is 0.257 e. The van der Waals surface area contributed by atoms with Gasteiger partial charge in [0.15, 0.2) is 0 Å². The molecule has 0 bridgehead atoms. The SMILES string of the molecule is O=C(c1cnn(C(=O)C2CCC3(CCC(Cc4cc(Cl)ccc4Cl)C3)C2)c1)N1CCCC1. The summed E-state index contributed by atoms with van der Waals surface area (Å²) in [6.07, 6.45) is 12.6. The van der Waals surface area contributed by atoms with E-state index >= 15 is 0 Å². The van der Waals surface area contributed by atoms with Crippen LogP contribution < -0.4 is 0 Å². The monoisotopic (exact) mass is 473 g/mol. The van der Waals surface area contributed by atoms with E-state index < -0.39 is 0 Å². The molecule has 3 fully saturated rings. The number of amides is 1. The topological polar surface area (TPSA) is 55.2 Å². The summed E-state index contributed by atoms with van der Waals surface area (Å²) in [4.78, 5) is 27.6. The van der Waals surface area contributed by atoms with Gasteiger partial charge >= 0.3 is 0 Å². The second kappa shape index (κ2) is 8.83. The van der Waals surface area contributed by atoms with Crippen molar-refractivity contribution >= 4 is 35.0 Å². The second-order valence-electron chi connectivity index (χ2n) is 10.00. The minimum atomic E-state index is -0.0156. The zero-order valence-corrected chi connectivity index (χ0v) is 19.7. The van der Waals surface area contributed by atoms with Gasteiger partial charge in [-0.25, -0.2) is 4.68 Å². The molecule has 2 aromatic rings. The van der Waals surface area contributed by atoms with E-state index in [1.54, 1.807) is 12.4 Å². The number of nitrogens with zero attached hydrogens (tertiary/aromatic N) is 3. The number of aromatic nitrogens is 2. The molecule has 1 aromatic heterocycles. The molecule has 2 saturated carbocycles. The Hall–Kier alpha value is -1.85. The molecule has 170 valence electrons. The number of rotatable bonds is 4. The zero-order valence-electron chi connectivity index (χ0n) is 18.2. The number of carbonyl (C=O) groups is 2. The van der Waals surface area contributed by atoms with Crippen LogP contribution in [0.15, 0.2) is 30.6 Å². The normalized spacial score (nSPS) is 27.5. The Morgan fingerprint density at radius 2 is 1.88 bits per heavy atom. The van der Waals surface area contributed by atoms with Crippen LogP contribution in [0, 0.1) is 17.3 Å². The van der Waals surface area contributed by atoms with Crippen LogP contribution >= 0.6 is 23.2 Å². The van der Waals surface area contributed by atoms with Gasteiger partial charge in [-0.15, -0.1) is 0 Å². The van der Waals surface area contributed by atoms with Crippen LogP contribution in [0.25, 0.3) is 0 Å². The summed E-state index contributed by atoms with van der Waals surface area (Å²) < 4.78 is 1.41. The summed E-state index contributed by atoms with van der Waals surface area (Å²) in [5.41, 5.74) is 1.89. The molecule has 2 aliphatic carbocycles. The van der Waals surface area contributed by atoms with E-state index in [-0.39, 0.29) is 23.1 Å². The summed E-state index contributed by atoms with van der Waals surface area (Å²) in [6, 6.07) is 5.69. The largest absolute Gasteiger partial charge is 0.339 e. The summed E-state index contributed by atoms with van der Waals surface area (Å²) in [5.74, 6) is 0.582. The highest BCUT2D eigenvalue weighted by atomic mass is 35.5. The molecule has 1 aromatic carbocycles. The number of likely N-dealkylation sites (tertiary alicyclic amines) is 1. The Kier molecular flexibility index (Phi) is 6.06. The van der Waals surface area contributed by atoms with Crippen LogP contribution in [0.5, 0.6) is 0 Å². The molecule has 3 atom stereocenters. The fourth-order valence-electron chi connectivity index (χ4n) is 6.19. The Morgan fingerprint density at radius 1 is 1.09 bits per heavy atom. The fraction of sp³-hybridized carbons (Fsp3) is 0.560. The van der Waals surface area contributed by atoms with Crippen LogP contribution in [-0.2, 0) is 6.42 Å². The van der Waals surface area contributed by atoms with E-state index in [9.17, 15) is 9.59 Å². The van der Waals surface area contributed by atoms with Crippen molar-refractivity contribution in [3.05, 3.63) is 51.8 Å². The molecule has 32 heavy (non-hydrogen) atoms. The summed E-state index contributed by atoms with van der Waals surface area (Å²) in [5, 5.41) is 5.76. The molecule has 3 unspecified atom stereocenters. The van der Waals surface area contributed by atoms with Crippen molar-refractivity contribution < 1.29 is 9.59 Å². The highest BCUT2D eigenvalue weighted by Gasteiger charge is 2.46. The molecule has 1 aliphatic heterocycles. The summed E-state index contributed by atoms with van der Waals surface area (Å²) >= 11 is 12.5. The Labute approximate surface area is 199 Å². The van der Waals surface area contributed by atoms with Crippen LogP contribution in [-0.4, -0.2) is 39.6 Å². The first-order chi connectivity index (χ1) is 15.4. The molecular formula is C25H29Cl2N3O2. The quantitative estimate of drug-likeness (QED) is 0.555. The number of hydrogen-bond acceptors (Lipinski definition) is 3. The number of benzene rings is 1. The van der Waals surface area contributed by atoms with E-state index in [0.29, 0.717) is 11.5 Å². The van der Waals surface area contributed by atoms with Crippen LogP contribution in [0.2, 0.25) is 10.0 Å². The molecule has 7 heteroatoms. The Morgan fingerprint density at radius 3 is 2.69 bits per heavy atom. The molecule has 0 radical (unpaired) electrons. The predicted octanol–water partition coefficient (Wildman–Crippen LogP) is 5.90. The molecule has 0 N–H and O–H groups in total. The van der Waals surface area contributed by atoms with Crippen LogP contribution in [0.1, 0.15) is 72.1 Å². The lowest BCUT2D eigenvalue weighted by Crippen LogP contribution is -2.27. The van der Waals surface area contributed by atoms with Gasteiger partial charge in [0, 0.05) is 35.2 Å². The molecule has 2 heterocycles. The van der Waals surface area contributed by atoms with Gasteiger partial charge in [0.1, 0.15) is 0 Å². The minimum absolute atomic E-state index is 0.0113. The third-order valence-corrected chi connectivity index (χ3v) is 8.43. The van der Waals surface area contributed by atoms with Gasteiger partial charge in [0.2, 0.25) is 5.91 Å². The first-order valence-corrected chi connectivity index (χ1v) is 12.5. The van der Waals surface area contributed by atoms with Crippen molar-refractivity contribution in [3.63, 3.8) is 0 Å². The molecule has 3 aliphatic rings. The number of halogens is 2. The van der Waals surface area contributed by atoms with Crippen molar-refractivity contribution in [3.8, 4) is 0 Å². The summed E-state index contributed by atoms with van der Waals surface area (Å²) in [7, 11) is 0. The Bertz CT molecular complexity index is 1030. The second-order valence-corrected chi connectivity index (χ2v) is 10.8. The molecule has 5 nitrogen and oxygen atoms in total. The highest BCUT2D eigenvalue weighted by Crippen LogP contribution is 2.55. The number of carbonyl (C=O) groups excluding carboxylic acids is 2. The third-order valence-electron chi connectivity index (χ3n) is 7.82. The Balaban J connectivity index is 1.20. The van der Waals surface area contributed by atoms with Gasteiger partial charge in [-0.1, -0.05) is 23.2 Å². The maximum Gasteiger partial charge on any atom is 0.257 e. The first-order valence-electron chi connectivity index (χ1n) is 11.7. The lowest BCUT2D eigenvalue weighted by molar-refractivity contribution is 0.0792. The van der Waals surface area contributed by atoms with Gasteiger partial charge in [0.25, 0.3) is 5.91 Å². The van der Waals surface area contributed by atoms with E-state index in [4.69, 9.17) is 23.2 Å². The van der Waals surface area contributed by atoms with Gasteiger partial charge in [-0.05, 0) is 92.9 Å². The average molecular weight is 474 g/mol. The standard InChI is InChI=1S/C25H29Cl2N3O2/c26-21-3-4-22(27)19(12-21)11-17-5-7-25(13-17)8-6-18(14-25)24(32)30-16-20(15-28-30)23(31)29-9-1-2-10-29/h3-4,12,15-18H,1-2,5-11,13-14H2. The molecule has 1 spiro atoms. The maximum atomic E-state index is 13.1. The third kappa shape index (κ3) is 4.34. The molecular weight excluding hydrogens is 445 g/mol. The van der Waals surface area contributed by atoms with Gasteiger partial charge in [-0.2, -0.15) is 5.10 Å². The minimum Gasteiger partial charge on any atom is -0.339 e. The van der Waals surface area contributed by atoms with Crippen molar-refractivity contribution in [1.82, 2.24) is 14.7 Å². The average Bonchev–Trinajstić information content (AvgIpc) is 3.58. The molecule has 1 saturated heterocycles. The number of hydrogen-bond donors (Lipinski definition) is 0. The van der Waals surface area contributed by atoms with Crippen LogP contribution in [0.4, 0.5) is 0 Å². The molecule has 5 rings (SSSR count). The first kappa shape index (κ1) is 22.0. The highest BCUT2D eigenvalue weighted by molar-refractivity contribution is 6.33. The van der Waals surface area contributed by atoms with Crippen molar-refractivity contribution in [2.75, 3.05) is 13.1 Å². The van der Waals surface area contributed by atoms with E-state index in [0.717, 1.165) is 80.1 Å². The zero-order chi connectivity index (χ0) is 22.3. The van der Waals surface area contributed by atoms with Gasteiger partial charge < -0.3 is 4.90 Å². The van der Waals surface area contributed by atoms with E-state index in [1.807, 2.05) is 23.1 Å². The van der Waals surface area contributed by atoms with Gasteiger partial charge in [0.05, 0.1) is 11.8 Å². The predicted molar refractivity (Wildman–Crippen MR) is 125 cm³/mol. The van der Waals surface area contributed by atoms with Crippen LogP contribution in [0.3, 0.4) is 0 Å². The van der Waals surface area contributed by atoms with Crippen molar-refractivity contribution in [2.45, 2.75) is 57.8 Å². The van der Waals surface area contributed by atoms with Crippen molar-refractivity contribution in [1.29, 1.82) is 0 Å². The lowest BCUT2D eigenvalue weighted by atomic mass is 9.82. The lowest BCUT2D eigenvalue weighted by Gasteiger charge is -2.23. The van der Waals surface area contributed by atoms with Gasteiger partial charge in [-0.3, -0.25) is 9.59 Å². The maximum absolute atomic E-state index is 13.1. The molecule has 1 amide bonds. The van der Waals surface area contributed by atoms with E-state index in [2.05, 4.69) is 5.10 Å².